The number of rotatable bonds is 1. The highest BCUT2D eigenvalue weighted by atomic mass is 16.5. The zero-order valence-corrected chi connectivity index (χ0v) is 16.9. The molecule has 0 aromatic heterocycles. The largest absolute Gasteiger partial charge is 0.453 e. The van der Waals surface area contributed by atoms with Gasteiger partial charge in [0.2, 0.25) is 5.91 Å². The molecule has 3 aliphatic heterocycles. The molecule has 0 bridgehead atoms. The number of anilines is 1. The first-order chi connectivity index (χ1) is 15.1. The molecule has 2 amide bonds. The van der Waals surface area contributed by atoms with Crippen LogP contribution in [0.3, 0.4) is 0 Å². The zero-order valence-electron chi connectivity index (χ0n) is 16.9. The molecular weight excluding hydrogens is 390 g/mol. The van der Waals surface area contributed by atoms with Gasteiger partial charge in [0.15, 0.2) is 0 Å². The summed E-state index contributed by atoms with van der Waals surface area (Å²) in [6.45, 7) is 1.39. The number of imide groups is 1. The number of amides is 2. The molecule has 0 aliphatic carbocycles. The van der Waals surface area contributed by atoms with Crippen molar-refractivity contribution in [1.29, 1.82) is 0 Å². The second kappa shape index (κ2) is 6.28. The van der Waals surface area contributed by atoms with Crippen LogP contribution in [0.4, 0.5) is 5.69 Å². The molecule has 6 rings (SSSR count). The maximum absolute atomic E-state index is 13.8. The third-order valence-corrected chi connectivity index (χ3v) is 6.19. The molecule has 3 heterocycles. The molecule has 0 fully saturated rings. The predicted octanol–water partition coefficient (Wildman–Crippen LogP) is 3.98. The van der Waals surface area contributed by atoms with Crippen LogP contribution in [-0.2, 0) is 15.3 Å². The van der Waals surface area contributed by atoms with E-state index in [0.29, 0.717) is 23.4 Å². The number of hydrogen-bond acceptors (Lipinski definition) is 5. The molecule has 152 valence electrons. The van der Waals surface area contributed by atoms with Crippen molar-refractivity contribution in [2.24, 2.45) is 5.10 Å². The minimum absolute atomic E-state index is 0.177. The van der Waals surface area contributed by atoms with Crippen molar-refractivity contribution in [3.8, 4) is 5.75 Å². The number of hydrogen-bond donors (Lipinski definition) is 0. The highest BCUT2D eigenvalue weighted by molar-refractivity contribution is 6.22. The van der Waals surface area contributed by atoms with E-state index in [1.54, 1.807) is 11.1 Å². The van der Waals surface area contributed by atoms with E-state index in [0.717, 1.165) is 16.8 Å². The molecule has 3 aliphatic rings. The Morgan fingerprint density at radius 2 is 1.71 bits per heavy atom. The highest BCUT2D eigenvalue weighted by Crippen LogP contribution is 2.55. The second-order valence-corrected chi connectivity index (χ2v) is 7.94. The maximum atomic E-state index is 13.8. The SMILES string of the molecule is CC(=O)N1C(=O)[C@]2(Oc3ccccc3[C@@H]3CC(c4ccccc4)=NN32)c2ccccc21. The first-order valence-corrected chi connectivity index (χ1v) is 10.3. The minimum Gasteiger partial charge on any atom is -0.453 e. The standard InChI is InChI=1S/C25H19N3O3/c1-16(29)27-21-13-7-6-12-19(21)25(24(27)30)28-22(18-11-5-8-14-23(18)31-25)15-20(26-28)17-9-3-2-4-10-17/h2-14,22H,15H2,1H3/t22-,25+/m0/s1. The molecule has 0 N–H and O–H groups in total. The van der Waals surface area contributed by atoms with E-state index in [9.17, 15) is 9.59 Å². The van der Waals surface area contributed by atoms with Crippen LogP contribution in [0.1, 0.15) is 36.1 Å². The van der Waals surface area contributed by atoms with Crippen molar-refractivity contribution in [2.45, 2.75) is 25.1 Å². The Balaban J connectivity index is 1.61. The molecule has 2 atom stereocenters. The average Bonchev–Trinajstić information content (AvgIpc) is 3.34. The van der Waals surface area contributed by atoms with E-state index in [4.69, 9.17) is 9.84 Å². The summed E-state index contributed by atoms with van der Waals surface area (Å²) in [5.74, 6) is -0.139. The summed E-state index contributed by atoms with van der Waals surface area (Å²) in [6, 6.07) is 24.8. The summed E-state index contributed by atoms with van der Waals surface area (Å²) >= 11 is 0. The van der Waals surface area contributed by atoms with Crippen molar-refractivity contribution >= 4 is 23.2 Å². The number of ether oxygens (including phenoxy) is 1. The van der Waals surface area contributed by atoms with Crippen molar-refractivity contribution < 1.29 is 14.3 Å². The third-order valence-electron chi connectivity index (χ3n) is 6.19. The molecule has 0 saturated heterocycles. The molecule has 6 nitrogen and oxygen atoms in total. The van der Waals surface area contributed by atoms with Crippen LogP contribution in [0.25, 0.3) is 0 Å². The Kier molecular flexibility index (Phi) is 3.63. The quantitative estimate of drug-likeness (QED) is 0.610. The van der Waals surface area contributed by atoms with Gasteiger partial charge in [-0.05, 0) is 17.7 Å². The molecule has 31 heavy (non-hydrogen) atoms. The smallest absolute Gasteiger partial charge is 0.307 e. The number of nitrogens with zero attached hydrogens (tertiary/aromatic N) is 3. The van der Waals surface area contributed by atoms with Gasteiger partial charge in [0.25, 0.3) is 0 Å². The first kappa shape index (κ1) is 17.9. The van der Waals surface area contributed by atoms with Crippen molar-refractivity contribution in [2.75, 3.05) is 4.90 Å². The first-order valence-electron chi connectivity index (χ1n) is 10.3. The topological polar surface area (TPSA) is 62.2 Å². The fourth-order valence-corrected chi connectivity index (χ4v) is 4.87. The Morgan fingerprint density at radius 3 is 2.52 bits per heavy atom. The predicted molar refractivity (Wildman–Crippen MR) is 116 cm³/mol. The Bertz CT molecular complexity index is 1270. The van der Waals surface area contributed by atoms with Crippen molar-refractivity contribution in [1.82, 2.24) is 5.01 Å². The summed E-state index contributed by atoms with van der Waals surface area (Å²) < 4.78 is 6.47. The molecule has 3 aromatic rings. The van der Waals surface area contributed by atoms with Gasteiger partial charge in [0.1, 0.15) is 5.75 Å². The van der Waals surface area contributed by atoms with Crippen LogP contribution in [0.5, 0.6) is 5.75 Å². The molecule has 6 heteroatoms. The minimum atomic E-state index is -1.52. The lowest BCUT2D eigenvalue weighted by molar-refractivity contribution is -0.164. The zero-order chi connectivity index (χ0) is 21.2. The number of carbonyl (C=O) groups is 2. The second-order valence-electron chi connectivity index (χ2n) is 7.94. The summed E-state index contributed by atoms with van der Waals surface area (Å²) in [5.41, 5.74) is 2.53. The molecule has 0 unspecified atom stereocenters. The van der Waals surface area contributed by atoms with E-state index in [1.807, 2.05) is 72.8 Å². The number of fused-ring (bicyclic) bond motifs is 6. The van der Waals surface area contributed by atoms with Gasteiger partial charge in [-0.2, -0.15) is 5.10 Å². The van der Waals surface area contributed by atoms with Crippen LogP contribution >= 0.6 is 0 Å². The van der Waals surface area contributed by atoms with E-state index in [-0.39, 0.29) is 11.9 Å². The van der Waals surface area contributed by atoms with Crippen LogP contribution in [0.15, 0.2) is 84.0 Å². The molecule has 1 spiro atoms. The van der Waals surface area contributed by atoms with Crippen LogP contribution in [-0.4, -0.2) is 22.5 Å². The summed E-state index contributed by atoms with van der Waals surface area (Å²) in [5, 5.41) is 6.69. The summed E-state index contributed by atoms with van der Waals surface area (Å²) in [4.78, 5) is 27.5. The maximum Gasteiger partial charge on any atom is 0.307 e. The van der Waals surface area contributed by atoms with Crippen molar-refractivity contribution in [3.05, 3.63) is 95.6 Å². The molecular formula is C25H19N3O3. The lowest BCUT2D eigenvalue weighted by Gasteiger charge is -2.44. The van der Waals surface area contributed by atoms with E-state index >= 15 is 0 Å². The fourth-order valence-electron chi connectivity index (χ4n) is 4.87. The highest BCUT2D eigenvalue weighted by Gasteiger charge is 2.63. The average molecular weight is 409 g/mol. The van der Waals surface area contributed by atoms with E-state index < -0.39 is 11.6 Å². The van der Waals surface area contributed by atoms with Gasteiger partial charge in [0, 0.05) is 18.9 Å². The summed E-state index contributed by atoms with van der Waals surface area (Å²) in [7, 11) is 0. The monoisotopic (exact) mass is 409 g/mol. The number of carbonyl (C=O) groups excluding carboxylic acids is 2. The van der Waals surface area contributed by atoms with Gasteiger partial charge in [-0.3, -0.25) is 9.59 Å². The lowest BCUT2D eigenvalue weighted by Crippen LogP contribution is -2.57. The van der Waals surface area contributed by atoms with Crippen LogP contribution < -0.4 is 9.64 Å². The number of benzene rings is 3. The van der Waals surface area contributed by atoms with Crippen molar-refractivity contribution in [3.63, 3.8) is 0 Å². The van der Waals surface area contributed by atoms with Crippen LogP contribution in [0, 0.1) is 0 Å². The van der Waals surface area contributed by atoms with Crippen LogP contribution in [0.2, 0.25) is 0 Å². The fraction of sp³-hybridized carbons (Fsp3) is 0.160. The molecule has 0 radical (unpaired) electrons. The van der Waals surface area contributed by atoms with Gasteiger partial charge < -0.3 is 4.74 Å². The lowest BCUT2D eigenvalue weighted by atomic mass is 9.92. The van der Waals surface area contributed by atoms with E-state index in [1.165, 1.54) is 11.8 Å². The van der Waals surface area contributed by atoms with Gasteiger partial charge in [-0.25, -0.2) is 9.91 Å². The Morgan fingerprint density at radius 1 is 1.00 bits per heavy atom. The third kappa shape index (κ3) is 2.30. The van der Waals surface area contributed by atoms with Gasteiger partial charge in [-0.15, -0.1) is 0 Å². The Hall–Kier alpha value is -3.93. The molecule has 3 aromatic carbocycles. The van der Waals surface area contributed by atoms with Gasteiger partial charge >= 0.3 is 11.6 Å². The van der Waals surface area contributed by atoms with Gasteiger partial charge in [-0.1, -0.05) is 66.7 Å². The molecule has 0 saturated carbocycles. The van der Waals surface area contributed by atoms with E-state index in [2.05, 4.69) is 0 Å². The number of hydrazone groups is 1. The number of para-hydroxylation sites is 2. The summed E-state index contributed by atoms with van der Waals surface area (Å²) in [6.07, 6.45) is 0.641. The normalized spacial score (nSPS) is 23.2. The van der Waals surface area contributed by atoms with Gasteiger partial charge in [0.05, 0.1) is 23.0 Å². The Labute approximate surface area is 179 Å².